The highest BCUT2D eigenvalue weighted by Crippen LogP contribution is 2.76. The summed E-state index contributed by atoms with van der Waals surface area (Å²) in [5, 5.41) is 0. The first-order chi connectivity index (χ1) is 18.4. The van der Waals surface area contributed by atoms with E-state index in [0.29, 0.717) is 16.2 Å². The molecule has 0 radical (unpaired) electrons. The normalized spacial score (nSPS) is 43.8. The predicted octanol–water partition coefficient (Wildman–Crippen LogP) is 8.76. The zero-order valence-electron chi connectivity index (χ0n) is 25.6. The molecule has 0 amide bonds. The first-order valence-corrected chi connectivity index (χ1v) is 18.0. The summed E-state index contributed by atoms with van der Waals surface area (Å²) in [6.45, 7) is 14.6. The molecule has 4 heteroatoms. The van der Waals surface area contributed by atoms with Crippen LogP contribution in [0.3, 0.4) is 0 Å². The van der Waals surface area contributed by atoms with Gasteiger partial charge < -0.3 is 0 Å². The molecule has 218 valence electrons. The van der Waals surface area contributed by atoms with Crippen LogP contribution in [0.25, 0.3) is 0 Å². The summed E-state index contributed by atoms with van der Waals surface area (Å²) in [4.78, 5) is 0.429. The van der Waals surface area contributed by atoms with Gasteiger partial charge in [-0.3, -0.25) is 0 Å². The maximum atomic E-state index is 13.5. The molecule has 5 aliphatic rings. The Morgan fingerprint density at radius 1 is 0.897 bits per heavy atom. The molecule has 3 nitrogen and oxygen atoms in total. The third kappa shape index (κ3) is 4.31. The van der Waals surface area contributed by atoms with Crippen LogP contribution in [0.2, 0.25) is 0 Å². The minimum Gasteiger partial charge on any atom is -0.207 e. The predicted molar refractivity (Wildman–Crippen MR) is 161 cm³/mol. The molecule has 0 aliphatic heterocycles. The van der Waals surface area contributed by atoms with Crippen LogP contribution in [-0.2, 0) is 10.0 Å². The SMILES string of the molecule is Cc1ccc(S(=O)(=O)NC2C3CCC4(C)C5CCC6(C)C(C(C)CCCC(C)C)CCC6C5CCC24C3)cc1. The van der Waals surface area contributed by atoms with Crippen LogP contribution in [0, 0.1) is 64.6 Å². The molecule has 5 fully saturated rings. The Morgan fingerprint density at radius 3 is 2.36 bits per heavy atom. The maximum absolute atomic E-state index is 13.5. The maximum Gasteiger partial charge on any atom is 0.240 e. The Kier molecular flexibility index (Phi) is 7.14. The van der Waals surface area contributed by atoms with Gasteiger partial charge in [0.15, 0.2) is 0 Å². The van der Waals surface area contributed by atoms with Crippen molar-refractivity contribution in [3.63, 3.8) is 0 Å². The van der Waals surface area contributed by atoms with E-state index in [2.05, 4.69) is 39.3 Å². The molecule has 0 heterocycles. The van der Waals surface area contributed by atoms with Crippen molar-refractivity contribution in [3.8, 4) is 0 Å². The van der Waals surface area contributed by atoms with Gasteiger partial charge in [0.1, 0.15) is 0 Å². The van der Waals surface area contributed by atoms with E-state index in [1.807, 2.05) is 19.1 Å². The van der Waals surface area contributed by atoms with Gasteiger partial charge in [-0.05, 0) is 135 Å². The molecule has 5 saturated carbocycles. The second kappa shape index (κ2) is 9.85. The number of rotatable bonds is 8. The molecule has 1 spiro atoms. The summed E-state index contributed by atoms with van der Waals surface area (Å²) in [7, 11) is -3.50. The van der Waals surface area contributed by atoms with E-state index in [0.717, 1.165) is 41.1 Å². The summed E-state index contributed by atoms with van der Waals surface area (Å²) < 4.78 is 30.4. The molecule has 39 heavy (non-hydrogen) atoms. The van der Waals surface area contributed by atoms with Gasteiger partial charge >= 0.3 is 0 Å². The minimum absolute atomic E-state index is 0.120. The number of benzene rings is 1. The molecular formula is C35H55NO2S. The number of fused-ring (bicyclic) bond motifs is 5. The van der Waals surface area contributed by atoms with Gasteiger partial charge in [0.2, 0.25) is 10.0 Å². The van der Waals surface area contributed by atoms with Crippen molar-refractivity contribution in [3.05, 3.63) is 29.8 Å². The average Bonchev–Trinajstić information content (AvgIpc) is 3.24. The number of hydrogen-bond donors (Lipinski definition) is 1. The van der Waals surface area contributed by atoms with Gasteiger partial charge in [-0.15, -0.1) is 0 Å². The quantitative estimate of drug-likeness (QED) is 0.350. The minimum atomic E-state index is -3.50. The zero-order valence-corrected chi connectivity index (χ0v) is 26.5. The van der Waals surface area contributed by atoms with E-state index >= 15 is 0 Å². The van der Waals surface area contributed by atoms with Crippen molar-refractivity contribution in [2.24, 2.45) is 57.7 Å². The van der Waals surface area contributed by atoms with Crippen molar-refractivity contribution in [1.29, 1.82) is 0 Å². The Labute approximate surface area is 239 Å². The third-order valence-electron chi connectivity index (χ3n) is 13.9. The molecule has 5 aliphatic carbocycles. The lowest BCUT2D eigenvalue weighted by atomic mass is 9.32. The Balaban J connectivity index is 1.20. The van der Waals surface area contributed by atoms with Gasteiger partial charge in [-0.25, -0.2) is 13.1 Å². The van der Waals surface area contributed by atoms with Crippen LogP contribution in [0.1, 0.15) is 117 Å². The van der Waals surface area contributed by atoms with Gasteiger partial charge in [-0.1, -0.05) is 71.6 Å². The number of sulfonamides is 1. The zero-order chi connectivity index (χ0) is 27.8. The average molecular weight is 554 g/mol. The van der Waals surface area contributed by atoms with Crippen molar-refractivity contribution >= 4 is 10.0 Å². The fourth-order valence-electron chi connectivity index (χ4n) is 11.8. The molecule has 6 rings (SSSR count). The standard InChI is InChI=1S/C35H55NO2S/c1-23(2)8-7-9-25(4)29-14-15-30-28-17-21-35-22-26(16-20-34(35,6)31(28)18-19-33(29,30)5)32(35)36-39(37,38)27-12-10-24(3)11-13-27/h10-13,23,25-26,28-32,36H,7-9,14-22H2,1-6H3. The van der Waals surface area contributed by atoms with Gasteiger partial charge in [0, 0.05) is 6.04 Å². The molecule has 1 aromatic carbocycles. The first kappa shape index (κ1) is 28.3. The highest BCUT2D eigenvalue weighted by Gasteiger charge is 2.72. The van der Waals surface area contributed by atoms with Crippen molar-refractivity contribution in [2.45, 2.75) is 130 Å². The van der Waals surface area contributed by atoms with Crippen molar-refractivity contribution in [2.75, 3.05) is 0 Å². The number of hydrogen-bond acceptors (Lipinski definition) is 2. The Bertz CT molecular complexity index is 1160. The van der Waals surface area contributed by atoms with Crippen LogP contribution >= 0.6 is 0 Å². The molecule has 1 N–H and O–H groups in total. The summed E-state index contributed by atoms with van der Waals surface area (Å²) >= 11 is 0. The summed E-state index contributed by atoms with van der Waals surface area (Å²) in [5.74, 6) is 5.58. The number of aryl methyl sites for hydroxylation is 1. The van der Waals surface area contributed by atoms with Gasteiger partial charge in [-0.2, -0.15) is 0 Å². The van der Waals surface area contributed by atoms with Crippen LogP contribution < -0.4 is 4.72 Å². The lowest BCUT2D eigenvalue weighted by Crippen LogP contribution is -2.74. The highest BCUT2D eigenvalue weighted by atomic mass is 32.2. The van der Waals surface area contributed by atoms with E-state index in [4.69, 9.17) is 0 Å². The largest absolute Gasteiger partial charge is 0.240 e. The van der Waals surface area contributed by atoms with E-state index in [-0.39, 0.29) is 16.9 Å². The monoisotopic (exact) mass is 553 g/mol. The second-order valence-electron chi connectivity index (χ2n) is 15.9. The summed E-state index contributed by atoms with van der Waals surface area (Å²) in [6.07, 6.45) is 16.1. The molecule has 10 unspecified atom stereocenters. The fraction of sp³-hybridized carbons (Fsp3) is 0.829. The van der Waals surface area contributed by atoms with E-state index in [9.17, 15) is 8.42 Å². The van der Waals surface area contributed by atoms with Gasteiger partial charge in [0.25, 0.3) is 0 Å². The fourth-order valence-corrected chi connectivity index (χ4v) is 13.2. The summed E-state index contributed by atoms with van der Waals surface area (Å²) in [6, 6.07) is 7.52. The second-order valence-corrected chi connectivity index (χ2v) is 17.6. The van der Waals surface area contributed by atoms with E-state index < -0.39 is 10.0 Å². The molecular weight excluding hydrogens is 498 g/mol. The molecule has 2 bridgehead atoms. The smallest absolute Gasteiger partial charge is 0.207 e. The lowest BCUT2D eigenvalue weighted by Gasteiger charge is -2.74. The summed E-state index contributed by atoms with van der Waals surface area (Å²) in [5.41, 5.74) is 2.04. The van der Waals surface area contributed by atoms with Crippen molar-refractivity contribution in [1.82, 2.24) is 4.72 Å². The third-order valence-corrected chi connectivity index (χ3v) is 15.3. The van der Waals surface area contributed by atoms with E-state index in [1.54, 1.807) is 12.1 Å². The molecule has 0 saturated heterocycles. The Hall–Kier alpha value is -0.870. The van der Waals surface area contributed by atoms with E-state index in [1.165, 1.54) is 77.0 Å². The van der Waals surface area contributed by atoms with Gasteiger partial charge in [0.05, 0.1) is 4.90 Å². The topological polar surface area (TPSA) is 46.2 Å². The number of nitrogens with one attached hydrogen (secondary N) is 1. The molecule has 0 aromatic heterocycles. The highest BCUT2D eigenvalue weighted by molar-refractivity contribution is 7.89. The first-order valence-electron chi connectivity index (χ1n) is 16.5. The molecule has 10 atom stereocenters. The van der Waals surface area contributed by atoms with Crippen LogP contribution in [-0.4, -0.2) is 14.5 Å². The van der Waals surface area contributed by atoms with Crippen LogP contribution in [0.15, 0.2) is 29.2 Å². The Morgan fingerprint density at radius 2 is 1.64 bits per heavy atom. The molecule has 1 aromatic rings. The lowest BCUT2D eigenvalue weighted by molar-refractivity contribution is -0.236. The van der Waals surface area contributed by atoms with Crippen LogP contribution in [0.5, 0.6) is 0 Å². The van der Waals surface area contributed by atoms with Crippen molar-refractivity contribution < 1.29 is 8.42 Å². The van der Waals surface area contributed by atoms with Crippen LogP contribution in [0.4, 0.5) is 0 Å².